The molecule has 0 aromatic carbocycles. The van der Waals surface area contributed by atoms with Gasteiger partial charge in [-0.25, -0.2) is 0 Å². The van der Waals surface area contributed by atoms with Crippen LogP contribution < -0.4 is 0 Å². The minimum absolute atomic E-state index is 0.308. The number of rotatable bonds is 6. The second kappa shape index (κ2) is 5.58. The summed E-state index contributed by atoms with van der Waals surface area (Å²) >= 11 is 0. The molecule has 0 heterocycles. The topological polar surface area (TPSA) is 21.7 Å². The van der Waals surface area contributed by atoms with E-state index in [2.05, 4.69) is 13.8 Å². The highest BCUT2D eigenvalue weighted by Gasteiger charge is 2.37. The first-order valence-electron chi connectivity index (χ1n) is 4.96. The smallest absolute Gasteiger partial charge is 0.231 e. The van der Waals surface area contributed by atoms with Crippen LogP contribution >= 0.6 is 0 Å². The summed E-state index contributed by atoms with van der Waals surface area (Å²) in [6.45, 7) is 9.50. The molecule has 3 nitrogen and oxygen atoms in total. The molecule has 0 aliphatic heterocycles. The summed E-state index contributed by atoms with van der Waals surface area (Å²) in [7, 11) is 3.96. The zero-order valence-corrected chi connectivity index (χ0v) is 9.76. The average Bonchev–Trinajstić information content (AvgIpc) is 2.03. The predicted octanol–water partition coefficient (Wildman–Crippen LogP) is 1.93. The molecule has 0 atom stereocenters. The fourth-order valence-electron chi connectivity index (χ4n) is 1.56. The maximum absolute atomic E-state index is 5.70. The summed E-state index contributed by atoms with van der Waals surface area (Å²) in [5.41, 5.74) is 0. The first-order chi connectivity index (χ1) is 6.01. The van der Waals surface area contributed by atoms with Gasteiger partial charge in [0.05, 0.1) is 0 Å². The van der Waals surface area contributed by atoms with Gasteiger partial charge in [0.15, 0.2) is 0 Å². The Balaban J connectivity index is 4.59. The minimum atomic E-state index is -0.566. The third-order valence-electron chi connectivity index (χ3n) is 2.06. The van der Waals surface area contributed by atoms with Gasteiger partial charge in [0, 0.05) is 19.1 Å². The van der Waals surface area contributed by atoms with Gasteiger partial charge in [-0.15, -0.1) is 0 Å². The van der Waals surface area contributed by atoms with Crippen LogP contribution in [-0.4, -0.2) is 38.1 Å². The zero-order chi connectivity index (χ0) is 10.5. The maximum atomic E-state index is 5.70. The highest BCUT2D eigenvalue weighted by molar-refractivity contribution is 4.70. The molecule has 0 saturated heterocycles. The van der Waals surface area contributed by atoms with Crippen LogP contribution in [0.25, 0.3) is 0 Å². The van der Waals surface area contributed by atoms with Crippen LogP contribution in [0.15, 0.2) is 0 Å². The van der Waals surface area contributed by atoms with Crippen LogP contribution in [-0.2, 0) is 9.47 Å². The molecule has 0 N–H and O–H groups in total. The molecule has 3 heteroatoms. The Bertz CT molecular complexity index is 119. The van der Waals surface area contributed by atoms with Gasteiger partial charge in [-0.05, 0) is 27.9 Å². The molecule has 0 amide bonds. The maximum Gasteiger partial charge on any atom is 0.231 e. The molecule has 0 bridgehead atoms. The van der Waals surface area contributed by atoms with Crippen molar-refractivity contribution in [2.24, 2.45) is 5.92 Å². The van der Waals surface area contributed by atoms with Crippen LogP contribution in [0.2, 0.25) is 0 Å². The van der Waals surface area contributed by atoms with Gasteiger partial charge in [0.1, 0.15) is 0 Å². The van der Waals surface area contributed by atoms with Gasteiger partial charge in [-0.3, -0.25) is 4.90 Å². The van der Waals surface area contributed by atoms with Crippen molar-refractivity contribution in [2.45, 2.75) is 33.6 Å². The molecule has 0 aliphatic rings. The molecule has 0 aromatic rings. The monoisotopic (exact) mass is 189 g/mol. The molecular formula is C10H23NO2. The molecule has 0 spiro atoms. The van der Waals surface area contributed by atoms with Crippen LogP contribution in [0.4, 0.5) is 0 Å². The molecule has 0 fully saturated rings. The van der Waals surface area contributed by atoms with Crippen molar-refractivity contribution in [3.8, 4) is 0 Å². The largest absolute Gasteiger partial charge is 0.337 e. The quantitative estimate of drug-likeness (QED) is 0.596. The van der Waals surface area contributed by atoms with Crippen LogP contribution in [0.1, 0.15) is 27.7 Å². The van der Waals surface area contributed by atoms with Crippen molar-refractivity contribution in [1.82, 2.24) is 4.90 Å². The molecule has 0 unspecified atom stereocenters. The van der Waals surface area contributed by atoms with E-state index in [0.717, 1.165) is 0 Å². The van der Waals surface area contributed by atoms with Crippen molar-refractivity contribution in [3.63, 3.8) is 0 Å². The molecule has 80 valence electrons. The standard InChI is InChI=1S/C10H23NO2/c1-7-12-10(9(3)4,11(5)6)13-8-2/h9H,7-8H2,1-6H3. The van der Waals surface area contributed by atoms with Gasteiger partial charge in [0.25, 0.3) is 0 Å². The van der Waals surface area contributed by atoms with E-state index < -0.39 is 5.91 Å². The molecular weight excluding hydrogens is 166 g/mol. The van der Waals surface area contributed by atoms with E-state index in [4.69, 9.17) is 9.47 Å². The van der Waals surface area contributed by atoms with E-state index >= 15 is 0 Å². The van der Waals surface area contributed by atoms with Crippen molar-refractivity contribution >= 4 is 0 Å². The lowest BCUT2D eigenvalue weighted by molar-refractivity contribution is -0.326. The molecule has 13 heavy (non-hydrogen) atoms. The van der Waals surface area contributed by atoms with Crippen LogP contribution in [0.3, 0.4) is 0 Å². The lowest BCUT2D eigenvalue weighted by Crippen LogP contribution is -2.53. The van der Waals surface area contributed by atoms with E-state index in [0.29, 0.717) is 19.1 Å². The first kappa shape index (κ1) is 12.9. The molecule has 0 saturated carbocycles. The predicted molar refractivity (Wildman–Crippen MR) is 54.5 cm³/mol. The summed E-state index contributed by atoms with van der Waals surface area (Å²) in [6, 6.07) is 0. The van der Waals surface area contributed by atoms with Crippen molar-refractivity contribution < 1.29 is 9.47 Å². The van der Waals surface area contributed by atoms with E-state index in [1.54, 1.807) is 0 Å². The summed E-state index contributed by atoms with van der Waals surface area (Å²) in [5.74, 6) is -0.258. The van der Waals surface area contributed by atoms with E-state index in [9.17, 15) is 0 Å². The first-order valence-corrected chi connectivity index (χ1v) is 4.96. The Hall–Kier alpha value is -0.120. The van der Waals surface area contributed by atoms with Gasteiger partial charge in [-0.1, -0.05) is 13.8 Å². The Labute approximate surface area is 82.0 Å². The number of hydrogen-bond acceptors (Lipinski definition) is 3. The summed E-state index contributed by atoms with van der Waals surface area (Å²) < 4.78 is 11.4. The normalized spacial score (nSPS) is 12.9. The van der Waals surface area contributed by atoms with Crippen LogP contribution in [0.5, 0.6) is 0 Å². The molecule has 0 aromatic heterocycles. The Morgan fingerprint density at radius 1 is 1.08 bits per heavy atom. The number of hydrogen-bond donors (Lipinski definition) is 0. The second-order valence-electron chi connectivity index (χ2n) is 3.55. The average molecular weight is 189 g/mol. The van der Waals surface area contributed by atoms with E-state index in [1.807, 2.05) is 32.8 Å². The van der Waals surface area contributed by atoms with Crippen LogP contribution in [0, 0.1) is 5.92 Å². The summed E-state index contributed by atoms with van der Waals surface area (Å²) in [6.07, 6.45) is 0. The Morgan fingerprint density at radius 2 is 1.46 bits per heavy atom. The molecule has 0 rings (SSSR count). The molecule has 0 radical (unpaired) electrons. The molecule has 0 aliphatic carbocycles. The second-order valence-corrected chi connectivity index (χ2v) is 3.55. The van der Waals surface area contributed by atoms with Gasteiger partial charge in [-0.2, -0.15) is 0 Å². The number of ether oxygens (including phenoxy) is 2. The van der Waals surface area contributed by atoms with E-state index in [1.165, 1.54) is 0 Å². The summed E-state index contributed by atoms with van der Waals surface area (Å²) in [5, 5.41) is 0. The Kier molecular flexibility index (Phi) is 5.53. The van der Waals surface area contributed by atoms with E-state index in [-0.39, 0.29) is 0 Å². The number of nitrogens with zero attached hydrogens (tertiary/aromatic N) is 1. The SMILES string of the molecule is CCOC(OCC)(C(C)C)N(C)C. The third-order valence-corrected chi connectivity index (χ3v) is 2.06. The van der Waals surface area contributed by atoms with Crippen molar-refractivity contribution in [2.75, 3.05) is 27.3 Å². The third kappa shape index (κ3) is 2.93. The van der Waals surface area contributed by atoms with Gasteiger partial charge >= 0.3 is 0 Å². The highest BCUT2D eigenvalue weighted by Crippen LogP contribution is 2.25. The van der Waals surface area contributed by atoms with Gasteiger partial charge < -0.3 is 9.47 Å². The lowest BCUT2D eigenvalue weighted by Gasteiger charge is -2.41. The van der Waals surface area contributed by atoms with Gasteiger partial charge in [0.2, 0.25) is 5.91 Å². The Morgan fingerprint density at radius 3 is 1.62 bits per heavy atom. The fourth-order valence-corrected chi connectivity index (χ4v) is 1.56. The zero-order valence-electron chi connectivity index (χ0n) is 9.76. The minimum Gasteiger partial charge on any atom is -0.337 e. The lowest BCUT2D eigenvalue weighted by atomic mass is 10.1. The summed E-state index contributed by atoms with van der Waals surface area (Å²) in [4.78, 5) is 1.99. The fraction of sp³-hybridized carbons (Fsp3) is 1.00. The van der Waals surface area contributed by atoms with Crippen molar-refractivity contribution in [1.29, 1.82) is 0 Å². The highest BCUT2D eigenvalue weighted by atomic mass is 16.7. The van der Waals surface area contributed by atoms with Crippen molar-refractivity contribution in [3.05, 3.63) is 0 Å².